The topological polar surface area (TPSA) is 145 Å². The van der Waals surface area contributed by atoms with Crippen molar-refractivity contribution in [1.29, 1.82) is 5.26 Å². The highest BCUT2D eigenvalue weighted by molar-refractivity contribution is 9.09. The van der Waals surface area contributed by atoms with Crippen molar-refractivity contribution < 1.29 is 9.53 Å². The Labute approximate surface area is 172 Å². The number of unbranched alkanes of at least 4 members (excludes halogenated alkanes) is 1. The van der Waals surface area contributed by atoms with E-state index in [-0.39, 0.29) is 22.9 Å². The van der Waals surface area contributed by atoms with Gasteiger partial charge in [0.05, 0.1) is 0 Å². The van der Waals surface area contributed by atoms with E-state index in [2.05, 4.69) is 25.9 Å². The number of carbonyl (C=O) groups is 1. The van der Waals surface area contributed by atoms with Crippen LogP contribution in [0.25, 0.3) is 0 Å². The number of nitrogens with zero attached hydrogens (tertiary/aromatic N) is 2. The maximum Gasteiger partial charge on any atom is 0.328 e. The van der Waals surface area contributed by atoms with Crippen LogP contribution in [0.4, 0.5) is 5.69 Å². The predicted molar refractivity (Wildman–Crippen MR) is 108 cm³/mol. The molecule has 0 bridgehead atoms. The second-order valence-electron chi connectivity index (χ2n) is 6.69. The zero-order valence-electron chi connectivity index (χ0n) is 15.1. The van der Waals surface area contributed by atoms with Crippen molar-refractivity contribution in [2.75, 3.05) is 16.8 Å². The lowest BCUT2D eigenvalue weighted by molar-refractivity contribution is -0.121. The monoisotopic (exact) mass is 457 g/mol. The van der Waals surface area contributed by atoms with Gasteiger partial charge in [-0.2, -0.15) is 5.26 Å². The Bertz CT molecular complexity index is 1210. The number of rotatable bonds is 4. The Morgan fingerprint density at radius 1 is 1.21 bits per heavy atom. The number of aromatic amines is 2. The molecule has 0 saturated heterocycles. The molecule has 3 heterocycles. The molecule has 0 saturated carbocycles. The standard InChI is InChI=1S/C19H16BrN5O4/c20-7-3-4-8-25-12-6-2-1-5-10(12)19(17(25)27)11(9-21)14(22)29-16-13(19)15(26)23-18(28)24-16/h1-2,5-6H,3-4,7-8,22H2,(H2,23,24,26,28). The van der Waals surface area contributed by atoms with Crippen LogP contribution >= 0.6 is 15.9 Å². The van der Waals surface area contributed by atoms with Crippen molar-refractivity contribution >= 4 is 27.5 Å². The minimum Gasteiger partial charge on any atom is -0.423 e. The molecule has 4 N–H and O–H groups in total. The van der Waals surface area contributed by atoms with E-state index in [0.29, 0.717) is 24.2 Å². The largest absolute Gasteiger partial charge is 0.423 e. The minimum absolute atomic E-state index is 0.150. The number of H-pyrrole nitrogens is 2. The van der Waals surface area contributed by atoms with E-state index in [9.17, 15) is 19.6 Å². The molecule has 1 amide bonds. The second-order valence-corrected chi connectivity index (χ2v) is 7.48. The Morgan fingerprint density at radius 2 is 1.97 bits per heavy atom. The summed E-state index contributed by atoms with van der Waals surface area (Å²) in [5, 5.41) is 10.7. The maximum atomic E-state index is 13.8. The second kappa shape index (κ2) is 6.93. The first-order valence-electron chi connectivity index (χ1n) is 8.89. The first-order valence-corrected chi connectivity index (χ1v) is 10.0. The lowest BCUT2D eigenvalue weighted by Crippen LogP contribution is -2.50. The highest BCUT2D eigenvalue weighted by Gasteiger charge is 2.60. The molecular weight excluding hydrogens is 442 g/mol. The lowest BCUT2D eigenvalue weighted by atomic mass is 9.69. The molecule has 2 aliphatic heterocycles. The van der Waals surface area contributed by atoms with Gasteiger partial charge in [0.2, 0.25) is 17.7 Å². The van der Waals surface area contributed by atoms with Crippen LogP contribution in [0, 0.1) is 11.3 Å². The van der Waals surface area contributed by atoms with Crippen molar-refractivity contribution in [2.24, 2.45) is 5.73 Å². The molecule has 0 aliphatic carbocycles. The summed E-state index contributed by atoms with van der Waals surface area (Å²) in [4.78, 5) is 44.5. The summed E-state index contributed by atoms with van der Waals surface area (Å²) in [5.41, 5.74) is 3.29. The number of aromatic nitrogens is 2. The van der Waals surface area contributed by atoms with Gasteiger partial charge in [-0.3, -0.25) is 19.6 Å². The van der Waals surface area contributed by atoms with E-state index in [0.717, 1.165) is 11.8 Å². The maximum absolute atomic E-state index is 13.8. The van der Waals surface area contributed by atoms with Gasteiger partial charge in [-0.05, 0) is 18.9 Å². The minimum atomic E-state index is -1.78. The van der Waals surface area contributed by atoms with E-state index >= 15 is 0 Å². The zero-order valence-corrected chi connectivity index (χ0v) is 16.7. The van der Waals surface area contributed by atoms with Gasteiger partial charge in [0.1, 0.15) is 17.2 Å². The van der Waals surface area contributed by atoms with E-state index < -0.39 is 22.6 Å². The number of anilines is 1. The van der Waals surface area contributed by atoms with Crippen LogP contribution in [0.15, 0.2) is 45.3 Å². The van der Waals surface area contributed by atoms with Gasteiger partial charge in [0.15, 0.2) is 5.41 Å². The predicted octanol–water partition coefficient (Wildman–Crippen LogP) is 0.957. The fraction of sp³-hybridized carbons (Fsp3) is 0.263. The summed E-state index contributed by atoms with van der Waals surface area (Å²) in [6.07, 6.45) is 1.56. The number of nitrogens with two attached hydrogens (primary N) is 1. The number of halogens is 1. The molecular formula is C19H16BrN5O4. The number of para-hydroxylation sites is 1. The van der Waals surface area contributed by atoms with Crippen molar-refractivity contribution in [2.45, 2.75) is 18.3 Å². The van der Waals surface area contributed by atoms with Crippen molar-refractivity contribution in [1.82, 2.24) is 9.97 Å². The highest BCUT2D eigenvalue weighted by Crippen LogP contribution is 2.53. The van der Waals surface area contributed by atoms with Crippen LogP contribution < -0.4 is 26.6 Å². The van der Waals surface area contributed by atoms with Crippen molar-refractivity contribution in [3.63, 3.8) is 0 Å². The number of benzene rings is 1. The van der Waals surface area contributed by atoms with E-state index in [1.54, 1.807) is 29.2 Å². The zero-order chi connectivity index (χ0) is 20.8. The first kappa shape index (κ1) is 19.0. The van der Waals surface area contributed by atoms with E-state index in [1.807, 2.05) is 6.07 Å². The lowest BCUT2D eigenvalue weighted by Gasteiger charge is -2.32. The van der Waals surface area contributed by atoms with Gasteiger partial charge < -0.3 is 15.4 Å². The molecule has 9 nitrogen and oxygen atoms in total. The molecule has 4 rings (SSSR count). The molecule has 1 unspecified atom stereocenters. The molecule has 148 valence electrons. The average Bonchev–Trinajstić information content (AvgIpc) is 2.91. The summed E-state index contributed by atoms with van der Waals surface area (Å²) in [7, 11) is 0. The first-order chi connectivity index (χ1) is 14.0. The van der Waals surface area contributed by atoms with Crippen molar-refractivity contribution in [3.05, 3.63) is 67.7 Å². The van der Waals surface area contributed by atoms with Gasteiger partial charge in [0, 0.05) is 23.1 Å². The summed E-state index contributed by atoms with van der Waals surface area (Å²) in [6.45, 7) is 0.402. The van der Waals surface area contributed by atoms with Gasteiger partial charge in [-0.15, -0.1) is 0 Å². The molecule has 2 aromatic rings. The third-order valence-corrected chi connectivity index (χ3v) is 5.72. The number of ether oxygens (including phenoxy) is 1. The third-order valence-electron chi connectivity index (χ3n) is 5.16. The fourth-order valence-corrected chi connectivity index (χ4v) is 4.41. The number of nitriles is 1. The van der Waals surface area contributed by atoms with E-state index in [4.69, 9.17) is 10.5 Å². The molecule has 2 aliphatic rings. The summed E-state index contributed by atoms with van der Waals surface area (Å²) in [6, 6.07) is 8.90. The quantitative estimate of drug-likeness (QED) is 0.460. The van der Waals surface area contributed by atoms with Crippen LogP contribution in [0.1, 0.15) is 24.0 Å². The Hall–Kier alpha value is -3.32. The van der Waals surface area contributed by atoms with Gasteiger partial charge in [-0.25, -0.2) is 4.79 Å². The molecule has 1 atom stereocenters. The summed E-state index contributed by atoms with van der Waals surface area (Å²) in [5.74, 6) is -1.04. The van der Waals surface area contributed by atoms with Crippen LogP contribution in [-0.4, -0.2) is 27.7 Å². The SMILES string of the molecule is N#CC1=C(N)Oc2[nH]c(=O)[nH]c(=O)c2C12C(=O)N(CCCCBr)c1ccccc12. The Kier molecular flexibility index (Phi) is 4.55. The number of carbonyl (C=O) groups excluding carboxylic acids is 1. The Balaban J connectivity index is 2.07. The highest BCUT2D eigenvalue weighted by atomic mass is 79.9. The normalized spacial score (nSPS) is 19.7. The average molecular weight is 458 g/mol. The Morgan fingerprint density at radius 3 is 2.69 bits per heavy atom. The van der Waals surface area contributed by atoms with Crippen molar-refractivity contribution in [3.8, 4) is 11.9 Å². The van der Waals surface area contributed by atoms with Gasteiger partial charge in [-0.1, -0.05) is 34.1 Å². The third kappa shape index (κ3) is 2.54. The number of hydrogen-bond donors (Lipinski definition) is 3. The van der Waals surface area contributed by atoms with Crippen LogP contribution in [0.5, 0.6) is 5.88 Å². The summed E-state index contributed by atoms with van der Waals surface area (Å²) < 4.78 is 5.36. The number of alkyl halides is 1. The number of amides is 1. The number of fused-ring (bicyclic) bond motifs is 4. The fourth-order valence-electron chi connectivity index (χ4n) is 4.02. The van der Waals surface area contributed by atoms with Gasteiger partial charge >= 0.3 is 5.69 Å². The summed E-state index contributed by atoms with van der Waals surface area (Å²) >= 11 is 3.38. The van der Waals surface area contributed by atoms with E-state index in [1.165, 1.54) is 0 Å². The molecule has 1 spiro atoms. The van der Waals surface area contributed by atoms with Crippen LogP contribution in [0.2, 0.25) is 0 Å². The molecule has 1 aromatic carbocycles. The molecule has 0 fully saturated rings. The smallest absolute Gasteiger partial charge is 0.328 e. The van der Waals surface area contributed by atoms with Crippen LogP contribution in [0.3, 0.4) is 0 Å². The number of hydrogen-bond acceptors (Lipinski definition) is 6. The van der Waals surface area contributed by atoms with Crippen LogP contribution in [-0.2, 0) is 10.2 Å². The number of nitrogens with one attached hydrogen (secondary N) is 2. The molecule has 0 radical (unpaired) electrons. The molecule has 10 heteroatoms. The molecule has 29 heavy (non-hydrogen) atoms. The van der Waals surface area contributed by atoms with Gasteiger partial charge in [0.25, 0.3) is 5.56 Å². The molecule has 1 aromatic heterocycles.